The van der Waals surface area contributed by atoms with Crippen LogP contribution in [0.25, 0.3) is 0 Å². The smallest absolute Gasteiger partial charge is 0.306 e. The molecule has 87 heavy (non-hydrogen) atoms. The molecule has 8 unspecified atom stereocenters. The van der Waals surface area contributed by atoms with Crippen molar-refractivity contribution in [2.75, 3.05) is 13.2 Å². The number of hydrogen-bond donors (Lipinski definition) is 6. The zero-order chi connectivity index (χ0) is 63.1. The normalized spacial score (nSPS) is 19.3. The fourth-order valence-corrected chi connectivity index (χ4v) is 9.60. The highest BCUT2D eigenvalue weighted by molar-refractivity contribution is 5.80. The topological polar surface area (TPSA) is 175 Å². The van der Waals surface area contributed by atoms with Gasteiger partial charge in [-0.2, -0.15) is 0 Å². The van der Waals surface area contributed by atoms with Crippen LogP contribution in [-0.4, -0.2) is 99.6 Å². The molecular weight excluding hydrogens is 1090 g/mol. The first-order valence-electron chi connectivity index (χ1n) is 34.3. The molecule has 1 aliphatic rings. The van der Waals surface area contributed by atoms with E-state index in [4.69, 9.17) is 14.2 Å². The Labute approximate surface area is 529 Å². The number of hydrogen-bond acceptors (Lipinski definition) is 10. The molecule has 0 aliphatic carbocycles. The Bertz CT molecular complexity index is 2020. The minimum atomic E-state index is -1.64. The van der Waals surface area contributed by atoms with Crippen LogP contribution in [0.1, 0.15) is 245 Å². The van der Waals surface area contributed by atoms with Gasteiger partial charge < -0.3 is 45.1 Å². The molecule has 6 N–H and O–H groups in total. The zero-order valence-electron chi connectivity index (χ0n) is 54.6. The first-order chi connectivity index (χ1) is 42.7. The lowest BCUT2D eigenvalue weighted by Gasteiger charge is -2.41. The van der Waals surface area contributed by atoms with Crippen LogP contribution in [0.5, 0.6) is 0 Å². The van der Waals surface area contributed by atoms with Crippen LogP contribution in [0.4, 0.5) is 0 Å². The van der Waals surface area contributed by atoms with Gasteiger partial charge in [0.2, 0.25) is 5.91 Å². The molecule has 1 rings (SSSR count). The van der Waals surface area contributed by atoms with Crippen molar-refractivity contribution in [1.82, 2.24) is 5.32 Å². The Morgan fingerprint density at radius 1 is 0.460 bits per heavy atom. The van der Waals surface area contributed by atoms with Crippen LogP contribution in [0.2, 0.25) is 0 Å². The van der Waals surface area contributed by atoms with Gasteiger partial charge in [0.05, 0.1) is 25.4 Å². The van der Waals surface area contributed by atoms with Gasteiger partial charge in [0.15, 0.2) is 12.4 Å². The molecule has 11 nitrogen and oxygen atoms in total. The summed E-state index contributed by atoms with van der Waals surface area (Å²) < 4.78 is 17.6. The number of unbranched alkanes of at least 4 members (excludes halogenated alkanes) is 18. The SMILES string of the molecule is CC/C=C\C/C=C\C/C=C\C/C=C\C/C=C\C/C=C\CCCCCCCCC(=O)OC1C(OCC(NC(=O)C(O)CCC/C=C\C/C=C\C/C=C\C/C=C\C/C=C\C/C=C\CC)C(O)/C=C/CCCCCCCCCCCCC)OC(CO)C(O)C1O. The number of aliphatic hydroxyl groups is 5. The number of carbonyl (C=O) groups is 2. The van der Waals surface area contributed by atoms with Crippen LogP contribution >= 0.6 is 0 Å². The van der Waals surface area contributed by atoms with Crippen LogP contribution in [0, 0.1) is 0 Å². The number of rotatable bonds is 56. The van der Waals surface area contributed by atoms with E-state index < -0.39 is 67.4 Å². The third-order valence-corrected chi connectivity index (χ3v) is 14.9. The van der Waals surface area contributed by atoms with Gasteiger partial charge in [-0.3, -0.25) is 9.59 Å². The molecular formula is C76H123NO10. The molecule has 492 valence electrons. The van der Waals surface area contributed by atoms with E-state index in [9.17, 15) is 35.1 Å². The highest BCUT2D eigenvalue weighted by atomic mass is 16.7. The average Bonchev–Trinajstić information content (AvgIpc) is 2.32. The van der Waals surface area contributed by atoms with Crippen molar-refractivity contribution >= 4 is 11.9 Å². The summed E-state index contributed by atoms with van der Waals surface area (Å²) in [6.45, 7) is 5.53. The van der Waals surface area contributed by atoms with E-state index >= 15 is 0 Å². The van der Waals surface area contributed by atoms with Crippen molar-refractivity contribution in [3.63, 3.8) is 0 Å². The second-order valence-corrected chi connectivity index (χ2v) is 22.8. The average molecular weight is 1210 g/mol. The molecule has 0 spiro atoms. The molecule has 0 aromatic carbocycles. The predicted octanol–water partition coefficient (Wildman–Crippen LogP) is 17.5. The number of amides is 1. The van der Waals surface area contributed by atoms with E-state index in [0.29, 0.717) is 19.3 Å². The Hall–Kier alpha value is -4.72. The molecule has 0 saturated carbocycles. The van der Waals surface area contributed by atoms with Crippen LogP contribution in [0.15, 0.2) is 158 Å². The largest absolute Gasteiger partial charge is 0.454 e. The number of ether oxygens (including phenoxy) is 3. The van der Waals surface area contributed by atoms with Gasteiger partial charge in [0.25, 0.3) is 0 Å². The molecule has 0 aromatic heterocycles. The molecule has 1 saturated heterocycles. The summed E-state index contributed by atoms with van der Waals surface area (Å²) >= 11 is 0. The number of aliphatic hydroxyl groups excluding tert-OH is 5. The van der Waals surface area contributed by atoms with Crippen LogP contribution in [0.3, 0.4) is 0 Å². The highest BCUT2D eigenvalue weighted by Gasteiger charge is 2.47. The van der Waals surface area contributed by atoms with Gasteiger partial charge in [-0.25, -0.2) is 0 Å². The second-order valence-electron chi connectivity index (χ2n) is 22.8. The van der Waals surface area contributed by atoms with Gasteiger partial charge in [-0.1, -0.05) is 269 Å². The summed E-state index contributed by atoms with van der Waals surface area (Å²) in [5.41, 5.74) is 0. The fraction of sp³-hybridized carbons (Fsp3) is 0.632. The Kier molecular flexibility index (Phi) is 56.8. The minimum absolute atomic E-state index is 0.0906. The predicted molar refractivity (Wildman–Crippen MR) is 365 cm³/mol. The zero-order valence-corrected chi connectivity index (χ0v) is 54.6. The lowest BCUT2D eigenvalue weighted by Crippen LogP contribution is -2.61. The molecule has 11 heteroatoms. The molecule has 0 radical (unpaired) electrons. The summed E-state index contributed by atoms with van der Waals surface area (Å²) in [6.07, 6.45) is 79.9. The summed E-state index contributed by atoms with van der Waals surface area (Å²) in [7, 11) is 0. The number of esters is 1. The maximum absolute atomic E-state index is 13.5. The molecule has 8 atom stereocenters. The van der Waals surface area contributed by atoms with Crippen molar-refractivity contribution in [3.05, 3.63) is 158 Å². The summed E-state index contributed by atoms with van der Waals surface area (Å²) in [4.78, 5) is 26.7. The van der Waals surface area contributed by atoms with Crippen molar-refractivity contribution in [1.29, 1.82) is 0 Å². The van der Waals surface area contributed by atoms with Gasteiger partial charge in [0, 0.05) is 6.42 Å². The molecule has 0 aromatic rings. The van der Waals surface area contributed by atoms with Crippen LogP contribution < -0.4 is 5.32 Å². The van der Waals surface area contributed by atoms with E-state index in [1.807, 2.05) is 12.2 Å². The number of nitrogens with one attached hydrogen (secondary N) is 1. The molecule has 1 aliphatic heterocycles. The lowest BCUT2D eigenvalue weighted by atomic mass is 9.99. The van der Waals surface area contributed by atoms with E-state index in [1.165, 1.54) is 51.4 Å². The molecule has 1 fully saturated rings. The van der Waals surface area contributed by atoms with Crippen molar-refractivity contribution in [2.24, 2.45) is 0 Å². The highest BCUT2D eigenvalue weighted by Crippen LogP contribution is 2.26. The van der Waals surface area contributed by atoms with Gasteiger partial charge in [-0.15, -0.1) is 0 Å². The third-order valence-electron chi connectivity index (χ3n) is 14.9. The molecule has 0 bridgehead atoms. The monoisotopic (exact) mass is 1210 g/mol. The van der Waals surface area contributed by atoms with Crippen molar-refractivity contribution in [3.8, 4) is 0 Å². The molecule has 1 amide bonds. The van der Waals surface area contributed by atoms with Crippen LogP contribution in [-0.2, 0) is 23.8 Å². The van der Waals surface area contributed by atoms with Gasteiger partial charge in [0.1, 0.15) is 24.4 Å². The van der Waals surface area contributed by atoms with E-state index in [0.717, 1.165) is 141 Å². The quantitative estimate of drug-likeness (QED) is 0.0195. The second kappa shape index (κ2) is 61.5. The third kappa shape index (κ3) is 48.8. The minimum Gasteiger partial charge on any atom is -0.454 e. The fourth-order valence-electron chi connectivity index (χ4n) is 9.60. The van der Waals surface area contributed by atoms with E-state index in [1.54, 1.807) is 6.08 Å². The Morgan fingerprint density at radius 2 is 0.828 bits per heavy atom. The summed E-state index contributed by atoms with van der Waals surface area (Å²) in [5, 5.41) is 57.1. The molecule has 1 heterocycles. The van der Waals surface area contributed by atoms with E-state index in [-0.39, 0.29) is 19.4 Å². The van der Waals surface area contributed by atoms with Crippen molar-refractivity contribution in [2.45, 2.75) is 294 Å². The van der Waals surface area contributed by atoms with Crippen molar-refractivity contribution < 1.29 is 49.3 Å². The Morgan fingerprint density at radius 3 is 1.24 bits per heavy atom. The summed E-state index contributed by atoms with van der Waals surface area (Å²) in [6, 6.07) is -1.06. The Balaban J connectivity index is 2.68. The summed E-state index contributed by atoms with van der Waals surface area (Å²) in [5.74, 6) is -1.27. The lowest BCUT2D eigenvalue weighted by molar-refractivity contribution is -0.305. The maximum Gasteiger partial charge on any atom is 0.306 e. The maximum atomic E-state index is 13.5. The van der Waals surface area contributed by atoms with Gasteiger partial charge >= 0.3 is 5.97 Å². The number of allylic oxidation sites excluding steroid dienone is 25. The number of carbonyl (C=O) groups excluding carboxylic acids is 2. The van der Waals surface area contributed by atoms with E-state index in [2.05, 4.69) is 166 Å². The van der Waals surface area contributed by atoms with Gasteiger partial charge in [-0.05, 0) is 128 Å². The first-order valence-corrected chi connectivity index (χ1v) is 34.3. The first kappa shape index (κ1) is 80.3. The standard InChI is InChI=1S/C76H123NO10/c1-4-7-10-13-16-19-22-25-27-29-31-33-34-35-36-37-39-41-43-46-49-52-55-58-61-64-71(81)87-74-73(83)72(82)70(65-78)86-76(74)85-66-67(68(79)62-59-56-53-50-47-44-24-21-18-15-12-9-6-3)77-75(84)69(80)63-60-57-54-51-48-45-42-40-38-32-30-28-26-23-20-17-14-11-8-5-2/h7-8,10-11,16-17,19-20,25-28,31-33,35-36,38-39,41-42,45,51,54,59,62,67-70,72-74,76,78-80,82-83H,4-6,9,12-15,18,21-24,29-30,34,37,40,43-44,46-50,52-53,55-58,60-61,63-66H2,1-3H3,(H,77,84)/b10-7-,11-8-,19-16-,20-17-,27-25-,28-26-,33-31-,36-35-,38-32-,41-39-,45-42-,54-51-,62-59+.